The number of hydrogen-bond donors (Lipinski definition) is 1. The number of rotatable bonds is 9. The second kappa shape index (κ2) is 11.3. The predicted molar refractivity (Wildman–Crippen MR) is 150 cm³/mol. The molecule has 1 fully saturated rings. The van der Waals surface area contributed by atoms with E-state index in [1.54, 1.807) is 11.8 Å². The van der Waals surface area contributed by atoms with E-state index in [1.807, 2.05) is 41.3 Å². The molecule has 186 valence electrons. The maximum absolute atomic E-state index is 12.8. The van der Waals surface area contributed by atoms with Gasteiger partial charge in [0.1, 0.15) is 5.37 Å². The van der Waals surface area contributed by atoms with E-state index in [2.05, 4.69) is 42.6 Å². The summed E-state index contributed by atoms with van der Waals surface area (Å²) < 4.78 is 0. The molecule has 0 bridgehead atoms. The first-order valence-corrected chi connectivity index (χ1v) is 14.2. The van der Waals surface area contributed by atoms with Crippen LogP contribution >= 0.6 is 11.8 Å². The van der Waals surface area contributed by atoms with Crippen LogP contribution in [-0.2, 0) is 24.1 Å². The minimum absolute atomic E-state index is 0.0495. The zero-order chi connectivity index (χ0) is 24.9. The van der Waals surface area contributed by atoms with Gasteiger partial charge in [-0.2, -0.15) is 0 Å². The number of carbonyl (C=O) groups excluding carboxylic acids is 2. The molecule has 3 aromatic rings. The van der Waals surface area contributed by atoms with E-state index < -0.39 is 0 Å². The van der Waals surface area contributed by atoms with Gasteiger partial charge in [-0.25, -0.2) is 0 Å². The van der Waals surface area contributed by atoms with Gasteiger partial charge in [0.15, 0.2) is 0 Å². The number of nitrogens with one attached hydrogen (secondary N) is 1. The van der Waals surface area contributed by atoms with Gasteiger partial charge in [-0.05, 0) is 90.8 Å². The molecular weight excluding hydrogens is 464 g/mol. The highest BCUT2D eigenvalue weighted by molar-refractivity contribution is 8.00. The molecular formula is C31H34N2O2S. The largest absolute Gasteiger partial charge is 0.322 e. The first kappa shape index (κ1) is 24.6. The Labute approximate surface area is 218 Å². The number of aryl methyl sites for hydroxylation is 3. The lowest BCUT2D eigenvalue weighted by Crippen LogP contribution is -2.27. The van der Waals surface area contributed by atoms with Crippen LogP contribution < -0.4 is 10.2 Å². The van der Waals surface area contributed by atoms with Crippen molar-refractivity contribution >= 4 is 35.0 Å². The Bertz CT molecular complexity index is 1220. The second-order valence-corrected chi connectivity index (χ2v) is 10.9. The van der Waals surface area contributed by atoms with Crippen LogP contribution in [0.1, 0.15) is 77.0 Å². The molecule has 1 atom stereocenters. The number of amides is 2. The molecule has 36 heavy (non-hydrogen) atoms. The van der Waals surface area contributed by atoms with Gasteiger partial charge in [0, 0.05) is 16.9 Å². The maximum Gasteiger partial charge on any atom is 0.255 e. The van der Waals surface area contributed by atoms with Crippen molar-refractivity contribution in [1.82, 2.24) is 0 Å². The van der Waals surface area contributed by atoms with Crippen LogP contribution in [0, 0.1) is 0 Å². The van der Waals surface area contributed by atoms with Crippen molar-refractivity contribution in [2.45, 2.75) is 63.7 Å². The number of nitrogens with zero attached hydrogens (tertiary/aromatic N) is 1. The summed E-state index contributed by atoms with van der Waals surface area (Å²) in [6.07, 6.45) is 9.46. The van der Waals surface area contributed by atoms with E-state index >= 15 is 0 Å². The van der Waals surface area contributed by atoms with E-state index in [0.717, 1.165) is 36.2 Å². The molecule has 1 saturated heterocycles. The van der Waals surface area contributed by atoms with Crippen LogP contribution in [-0.4, -0.2) is 17.6 Å². The zero-order valence-electron chi connectivity index (χ0n) is 21.0. The van der Waals surface area contributed by atoms with Crippen molar-refractivity contribution in [3.8, 4) is 0 Å². The van der Waals surface area contributed by atoms with E-state index in [9.17, 15) is 9.59 Å². The van der Waals surface area contributed by atoms with Gasteiger partial charge in [-0.1, -0.05) is 56.5 Å². The monoisotopic (exact) mass is 498 g/mol. The number of benzene rings is 3. The Balaban J connectivity index is 1.22. The molecule has 1 heterocycles. The molecule has 0 aromatic heterocycles. The highest BCUT2D eigenvalue weighted by Crippen LogP contribution is 2.43. The SMILES string of the molecule is CCCCCCc1ccc(C(=O)Nc2ccc([C@H]3SCC(=O)N3c3ccc4c(c3)CCC4)cc2)cc1. The van der Waals surface area contributed by atoms with Gasteiger partial charge >= 0.3 is 0 Å². The molecule has 1 aliphatic heterocycles. The molecule has 5 heteroatoms. The summed E-state index contributed by atoms with van der Waals surface area (Å²) in [4.78, 5) is 27.5. The quantitative estimate of drug-likeness (QED) is 0.314. The van der Waals surface area contributed by atoms with Crippen molar-refractivity contribution < 1.29 is 9.59 Å². The highest BCUT2D eigenvalue weighted by atomic mass is 32.2. The van der Waals surface area contributed by atoms with Gasteiger partial charge in [0.25, 0.3) is 5.91 Å². The molecule has 0 unspecified atom stereocenters. The summed E-state index contributed by atoms with van der Waals surface area (Å²) >= 11 is 1.65. The molecule has 4 nitrogen and oxygen atoms in total. The number of fused-ring (bicyclic) bond motifs is 1. The third-order valence-electron chi connectivity index (χ3n) is 7.22. The predicted octanol–water partition coefficient (Wildman–Crippen LogP) is 7.33. The fourth-order valence-electron chi connectivity index (χ4n) is 5.17. The van der Waals surface area contributed by atoms with Crippen LogP contribution in [0.3, 0.4) is 0 Å². The van der Waals surface area contributed by atoms with Crippen molar-refractivity contribution in [1.29, 1.82) is 0 Å². The molecule has 5 rings (SSSR count). The third-order valence-corrected chi connectivity index (χ3v) is 8.43. The van der Waals surface area contributed by atoms with E-state index in [-0.39, 0.29) is 17.2 Å². The molecule has 0 saturated carbocycles. The van der Waals surface area contributed by atoms with E-state index in [0.29, 0.717) is 11.3 Å². The first-order chi connectivity index (χ1) is 17.6. The molecule has 3 aromatic carbocycles. The Morgan fingerprint density at radius 3 is 2.50 bits per heavy atom. The number of thioether (sulfide) groups is 1. The highest BCUT2D eigenvalue weighted by Gasteiger charge is 2.34. The van der Waals surface area contributed by atoms with Crippen LogP contribution in [0.2, 0.25) is 0 Å². The van der Waals surface area contributed by atoms with Crippen molar-refractivity contribution in [3.05, 3.63) is 94.5 Å². The van der Waals surface area contributed by atoms with Gasteiger partial charge in [-0.3, -0.25) is 14.5 Å². The van der Waals surface area contributed by atoms with Crippen molar-refractivity contribution in [3.63, 3.8) is 0 Å². The Morgan fingerprint density at radius 1 is 0.944 bits per heavy atom. The average molecular weight is 499 g/mol. The number of unbranched alkanes of at least 4 members (excludes halogenated alkanes) is 3. The molecule has 0 radical (unpaired) electrons. The van der Waals surface area contributed by atoms with Crippen LogP contribution in [0.5, 0.6) is 0 Å². The minimum atomic E-state index is -0.106. The molecule has 0 spiro atoms. The smallest absolute Gasteiger partial charge is 0.255 e. The molecule has 2 aliphatic rings. The number of anilines is 2. The molecule has 2 amide bonds. The lowest BCUT2D eigenvalue weighted by Gasteiger charge is -2.25. The second-order valence-electron chi connectivity index (χ2n) is 9.82. The summed E-state index contributed by atoms with van der Waals surface area (Å²) in [5, 5.41) is 2.96. The summed E-state index contributed by atoms with van der Waals surface area (Å²) in [5.41, 5.74) is 7.54. The maximum atomic E-state index is 12.8. The van der Waals surface area contributed by atoms with Crippen LogP contribution in [0.4, 0.5) is 11.4 Å². The molecule has 1 N–H and O–H groups in total. The summed E-state index contributed by atoms with van der Waals surface area (Å²) in [6.45, 7) is 2.22. The van der Waals surface area contributed by atoms with E-state index in [1.165, 1.54) is 48.8 Å². The van der Waals surface area contributed by atoms with Crippen molar-refractivity contribution in [2.75, 3.05) is 16.0 Å². The standard InChI is InChI=1S/C31H34N2O2S/c1-2-3-4-5-7-22-10-12-24(13-11-22)30(35)32-27-17-14-25(15-18-27)31-33(29(34)21-36-31)28-19-16-23-8-6-9-26(23)20-28/h10-20,31H,2-9,21H2,1H3,(H,32,35)/t31-/m1/s1. The number of hydrogen-bond acceptors (Lipinski definition) is 3. The summed E-state index contributed by atoms with van der Waals surface area (Å²) in [6, 6.07) is 22.3. The Kier molecular flexibility index (Phi) is 7.76. The van der Waals surface area contributed by atoms with E-state index in [4.69, 9.17) is 0 Å². The van der Waals surface area contributed by atoms with Gasteiger partial charge in [0.05, 0.1) is 5.75 Å². The summed E-state index contributed by atoms with van der Waals surface area (Å²) in [5.74, 6) is 0.522. The minimum Gasteiger partial charge on any atom is -0.322 e. The lowest BCUT2D eigenvalue weighted by atomic mass is 10.0. The van der Waals surface area contributed by atoms with Gasteiger partial charge in [-0.15, -0.1) is 11.8 Å². The van der Waals surface area contributed by atoms with Crippen LogP contribution in [0.25, 0.3) is 0 Å². The fourth-order valence-corrected chi connectivity index (χ4v) is 6.35. The third kappa shape index (κ3) is 5.52. The summed E-state index contributed by atoms with van der Waals surface area (Å²) in [7, 11) is 0. The van der Waals surface area contributed by atoms with Crippen molar-refractivity contribution in [2.24, 2.45) is 0 Å². The fraction of sp³-hybridized carbons (Fsp3) is 0.355. The van der Waals surface area contributed by atoms with Crippen LogP contribution in [0.15, 0.2) is 66.7 Å². The molecule has 1 aliphatic carbocycles. The zero-order valence-corrected chi connectivity index (χ0v) is 21.8. The Morgan fingerprint density at radius 2 is 1.72 bits per heavy atom. The first-order valence-electron chi connectivity index (χ1n) is 13.2. The Hall–Kier alpha value is -3.05. The number of carbonyl (C=O) groups is 2. The van der Waals surface area contributed by atoms with Gasteiger partial charge < -0.3 is 5.32 Å². The van der Waals surface area contributed by atoms with Gasteiger partial charge in [0.2, 0.25) is 5.91 Å². The average Bonchev–Trinajstić information content (AvgIpc) is 3.53. The normalized spacial score (nSPS) is 16.9. The topological polar surface area (TPSA) is 49.4 Å². The lowest BCUT2D eigenvalue weighted by molar-refractivity contribution is -0.115.